The molecule has 0 unspecified atom stereocenters. The first-order valence-corrected chi connectivity index (χ1v) is 9.00. The molecule has 0 spiro atoms. The molecule has 134 valence electrons. The van der Waals surface area contributed by atoms with Gasteiger partial charge in [-0.25, -0.2) is 0 Å². The van der Waals surface area contributed by atoms with Gasteiger partial charge in [-0.2, -0.15) is 0 Å². The van der Waals surface area contributed by atoms with Crippen molar-refractivity contribution in [1.82, 2.24) is 0 Å². The van der Waals surface area contributed by atoms with E-state index in [-0.39, 0.29) is 5.91 Å². The maximum atomic E-state index is 12.4. The van der Waals surface area contributed by atoms with Crippen molar-refractivity contribution in [2.24, 2.45) is 0 Å². The molecule has 0 bridgehead atoms. The predicted molar refractivity (Wildman–Crippen MR) is 105 cm³/mol. The molecule has 0 aliphatic carbocycles. The van der Waals surface area contributed by atoms with Crippen molar-refractivity contribution in [2.45, 2.75) is 52.9 Å². The molecule has 3 nitrogen and oxygen atoms in total. The first-order chi connectivity index (χ1) is 11.9. The third-order valence-corrected chi connectivity index (χ3v) is 4.22. The number of amides is 1. The molecule has 2 aromatic rings. The zero-order valence-corrected chi connectivity index (χ0v) is 15.9. The zero-order chi connectivity index (χ0) is 18.4. The summed E-state index contributed by atoms with van der Waals surface area (Å²) < 4.78 is 5.69. The van der Waals surface area contributed by atoms with E-state index in [9.17, 15) is 4.79 Å². The molecule has 2 rings (SSSR count). The largest absolute Gasteiger partial charge is 0.493 e. The topological polar surface area (TPSA) is 38.3 Å². The lowest BCUT2D eigenvalue weighted by atomic mass is 9.92. The molecule has 3 heteroatoms. The van der Waals surface area contributed by atoms with E-state index in [1.807, 2.05) is 31.2 Å². The number of carbonyl (C=O) groups excluding carboxylic acids is 1. The number of hydrogen-bond acceptors (Lipinski definition) is 2. The van der Waals surface area contributed by atoms with Crippen LogP contribution in [0.2, 0.25) is 0 Å². The third kappa shape index (κ3) is 5.35. The Bertz CT molecular complexity index is 693. The molecule has 0 saturated heterocycles. The first kappa shape index (κ1) is 19.0. The summed E-state index contributed by atoms with van der Waals surface area (Å²) in [6.45, 7) is 11.0. The summed E-state index contributed by atoms with van der Waals surface area (Å²) in [6.07, 6.45) is 0.331. The van der Waals surface area contributed by atoms with Crippen molar-refractivity contribution in [3.8, 4) is 5.75 Å². The number of para-hydroxylation sites is 1. The van der Waals surface area contributed by atoms with Crippen LogP contribution in [0.5, 0.6) is 5.75 Å². The van der Waals surface area contributed by atoms with E-state index in [4.69, 9.17) is 4.74 Å². The molecule has 0 saturated carbocycles. The van der Waals surface area contributed by atoms with Crippen LogP contribution in [-0.4, -0.2) is 12.5 Å². The number of aryl methyl sites for hydroxylation is 1. The summed E-state index contributed by atoms with van der Waals surface area (Å²) in [7, 11) is 0. The Morgan fingerprint density at radius 1 is 1.00 bits per heavy atom. The fourth-order valence-electron chi connectivity index (χ4n) is 2.86. The molecule has 0 aliphatic rings. The molecule has 0 fully saturated rings. The SMILES string of the molecule is Cc1cccc(OCCC(=O)Nc2c(C(C)C)cccc2C(C)C)c1. The highest BCUT2D eigenvalue weighted by molar-refractivity contribution is 5.92. The van der Waals surface area contributed by atoms with E-state index >= 15 is 0 Å². The monoisotopic (exact) mass is 339 g/mol. The van der Waals surface area contributed by atoms with Gasteiger partial charge in [0.1, 0.15) is 5.75 Å². The number of benzene rings is 2. The standard InChI is InChI=1S/C22H29NO2/c1-15(2)19-10-7-11-20(16(3)4)22(19)23-21(24)12-13-25-18-9-6-8-17(5)14-18/h6-11,14-16H,12-13H2,1-5H3,(H,23,24). The van der Waals surface area contributed by atoms with Gasteiger partial charge in [0.25, 0.3) is 0 Å². The molecule has 1 amide bonds. The van der Waals surface area contributed by atoms with Gasteiger partial charge >= 0.3 is 0 Å². The van der Waals surface area contributed by atoms with E-state index in [1.165, 1.54) is 11.1 Å². The van der Waals surface area contributed by atoms with Gasteiger partial charge in [0, 0.05) is 5.69 Å². The highest BCUT2D eigenvalue weighted by atomic mass is 16.5. The molecule has 0 radical (unpaired) electrons. The van der Waals surface area contributed by atoms with Crippen molar-refractivity contribution in [3.05, 3.63) is 59.2 Å². The number of ether oxygens (including phenoxy) is 1. The lowest BCUT2D eigenvalue weighted by Crippen LogP contribution is -2.18. The Hall–Kier alpha value is -2.29. The first-order valence-electron chi connectivity index (χ1n) is 9.00. The number of hydrogen-bond donors (Lipinski definition) is 1. The van der Waals surface area contributed by atoms with Crippen molar-refractivity contribution in [1.29, 1.82) is 0 Å². The van der Waals surface area contributed by atoms with Crippen LogP contribution >= 0.6 is 0 Å². The normalized spacial score (nSPS) is 11.0. The minimum Gasteiger partial charge on any atom is -0.493 e. The molecule has 0 aromatic heterocycles. The van der Waals surface area contributed by atoms with Gasteiger partial charge in [0.05, 0.1) is 13.0 Å². The lowest BCUT2D eigenvalue weighted by Gasteiger charge is -2.20. The van der Waals surface area contributed by atoms with Crippen LogP contribution in [0.1, 0.15) is 62.6 Å². The fraction of sp³-hybridized carbons (Fsp3) is 0.409. The van der Waals surface area contributed by atoms with Crippen LogP contribution in [0.25, 0.3) is 0 Å². The molecule has 0 atom stereocenters. The molecule has 1 N–H and O–H groups in total. The summed E-state index contributed by atoms with van der Waals surface area (Å²) in [5.41, 5.74) is 4.47. The number of rotatable bonds is 7. The van der Waals surface area contributed by atoms with Crippen LogP contribution in [0.3, 0.4) is 0 Å². The number of anilines is 1. The van der Waals surface area contributed by atoms with Crippen molar-refractivity contribution >= 4 is 11.6 Å². The number of nitrogens with one attached hydrogen (secondary N) is 1. The van der Waals surface area contributed by atoms with Gasteiger partial charge in [0.15, 0.2) is 0 Å². The smallest absolute Gasteiger partial charge is 0.227 e. The van der Waals surface area contributed by atoms with Crippen LogP contribution in [-0.2, 0) is 4.79 Å². The zero-order valence-electron chi connectivity index (χ0n) is 15.9. The lowest BCUT2D eigenvalue weighted by molar-refractivity contribution is -0.116. The van der Waals surface area contributed by atoms with E-state index < -0.39 is 0 Å². The van der Waals surface area contributed by atoms with Crippen LogP contribution in [0.15, 0.2) is 42.5 Å². The highest BCUT2D eigenvalue weighted by Crippen LogP contribution is 2.32. The van der Waals surface area contributed by atoms with E-state index in [1.54, 1.807) is 0 Å². The summed E-state index contributed by atoms with van der Waals surface area (Å²) >= 11 is 0. The van der Waals surface area contributed by atoms with E-state index in [0.717, 1.165) is 17.0 Å². The van der Waals surface area contributed by atoms with E-state index in [0.29, 0.717) is 24.9 Å². The van der Waals surface area contributed by atoms with Gasteiger partial charge in [-0.1, -0.05) is 58.0 Å². The van der Waals surface area contributed by atoms with Gasteiger partial charge in [-0.05, 0) is 47.6 Å². The van der Waals surface area contributed by atoms with Gasteiger partial charge in [-0.3, -0.25) is 4.79 Å². The molecule has 25 heavy (non-hydrogen) atoms. The predicted octanol–water partition coefficient (Wildman–Crippen LogP) is 5.65. The highest BCUT2D eigenvalue weighted by Gasteiger charge is 2.15. The molecule has 2 aromatic carbocycles. The second kappa shape index (κ2) is 8.70. The molecule has 0 heterocycles. The summed E-state index contributed by atoms with van der Waals surface area (Å²) in [6, 6.07) is 14.1. The van der Waals surface area contributed by atoms with Crippen LogP contribution in [0.4, 0.5) is 5.69 Å². The Kier molecular flexibility index (Phi) is 6.63. The molecular weight excluding hydrogens is 310 g/mol. The Labute approximate surface area is 151 Å². The Morgan fingerprint density at radius 3 is 2.16 bits per heavy atom. The van der Waals surface area contributed by atoms with Crippen LogP contribution in [0, 0.1) is 6.92 Å². The Morgan fingerprint density at radius 2 is 1.60 bits per heavy atom. The maximum Gasteiger partial charge on any atom is 0.227 e. The second-order valence-corrected chi connectivity index (χ2v) is 7.08. The molecular formula is C22H29NO2. The van der Waals surface area contributed by atoms with Crippen LogP contribution < -0.4 is 10.1 Å². The van der Waals surface area contributed by atoms with Crippen molar-refractivity contribution in [2.75, 3.05) is 11.9 Å². The third-order valence-electron chi connectivity index (χ3n) is 4.22. The maximum absolute atomic E-state index is 12.4. The average molecular weight is 339 g/mol. The minimum atomic E-state index is -0.0114. The Balaban J connectivity index is 2.02. The van der Waals surface area contributed by atoms with E-state index in [2.05, 4.69) is 51.2 Å². The summed E-state index contributed by atoms with van der Waals surface area (Å²) in [4.78, 5) is 12.4. The average Bonchev–Trinajstić information content (AvgIpc) is 2.54. The molecule has 0 aliphatic heterocycles. The quantitative estimate of drug-likeness (QED) is 0.708. The van der Waals surface area contributed by atoms with Crippen molar-refractivity contribution < 1.29 is 9.53 Å². The minimum absolute atomic E-state index is 0.0114. The van der Waals surface area contributed by atoms with Gasteiger partial charge < -0.3 is 10.1 Å². The van der Waals surface area contributed by atoms with Gasteiger partial charge in [0.2, 0.25) is 5.91 Å². The van der Waals surface area contributed by atoms with Gasteiger partial charge in [-0.15, -0.1) is 0 Å². The summed E-state index contributed by atoms with van der Waals surface area (Å²) in [5, 5.41) is 3.12. The fourth-order valence-corrected chi connectivity index (χ4v) is 2.86. The summed E-state index contributed by atoms with van der Waals surface area (Å²) in [5.74, 6) is 1.51. The second-order valence-electron chi connectivity index (χ2n) is 7.08. The van der Waals surface area contributed by atoms with Crippen molar-refractivity contribution in [3.63, 3.8) is 0 Å². The number of carbonyl (C=O) groups is 1.